The van der Waals surface area contributed by atoms with Crippen molar-refractivity contribution in [3.8, 4) is 5.75 Å². The first-order valence-electron chi connectivity index (χ1n) is 10.2. The molecule has 2 aliphatic heterocycles. The maximum absolute atomic E-state index is 12.9. The van der Waals surface area contributed by atoms with E-state index in [1.165, 1.54) is 5.56 Å². The number of carbonyl (C=O) groups excluding carboxylic acids is 2. The van der Waals surface area contributed by atoms with Gasteiger partial charge in [0.1, 0.15) is 18.4 Å². The molecule has 0 bridgehead atoms. The van der Waals surface area contributed by atoms with E-state index in [0.29, 0.717) is 18.2 Å². The summed E-state index contributed by atoms with van der Waals surface area (Å²) in [6.45, 7) is 1.56. The summed E-state index contributed by atoms with van der Waals surface area (Å²) in [5, 5.41) is 2.90. The number of nitrogens with zero attached hydrogens (tertiary/aromatic N) is 2. The number of ether oxygens (including phenoxy) is 1. The number of hydrogen-bond donors (Lipinski definition) is 1. The lowest BCUT2D eigenvalue weighted by molar-refractivity contribution is -0.120. The highest BCUT2D eigenvalue weighted by Gasteiger charge is 2.32. The highest BCUT2D eigenvalue weighted by molar-refractivity contribution is 6.00. The third-order valence-electron chi connectivity index (χ3n) is 5.73. The number of urea groups is 1. The van der Waals surface area contributed by atoms with E-state index in [1.54, 1.807) is 11.9 Å². The maximum atomic E-state index is 12.9. The predicted octanol–water partition coefficient (Wildman–Crippen LogP) is 3.07. The molecular formula is C23H27N3O3. The van der Waals surface area contributed by atoms with Crippen LogP contribution in [0.4, 0.5) is 10.5 Å². The maximum Gasteiger partial charge on any atom is 0.318 e. The van der Waals surface area contributed by atoms with Crippen LogP contribution < -0.4 is 15.0 Å². The van der Waals surface area contributed by atoms with Gasteiger partial charge in [-0.05, 0) is 42.9 Å². The van der Waals surface area contributed by atoms with Gasteiger partial charge in [-0.3, -0.25) is 4.79 Å². The van der Waals surface area contributed by atoms with Crippen molar-refractivity contribution in [1.82, 2.24) is 10.2 Å². The summed E-state index contributed by atoms with van der Waals surface area (Å²) in [6.07, 6.45) is 3.06. The summed E-state index contributed by atoms with van der Waals surface area (Å²) in [7, 11) is 1.71. The Balaban J connectivity index is 1.38. The van der Waals surface area contributed by atoms with Crippen molar-refractivity contribution in [2.75, 3.05) is 31.6 Å². The smallest absolute Gasteiger partial charge is 0.318 e. The second-order valence-electron chi connectivity index (χ2n) is 7.82. The van der Waals surface area contributed by atoms with Crippen LogP contribution in [0, 0.1) is 5.92 Å². The molecule has 1 saturated heterocycles. The van der Waals surface area contributed by atoms with Crippen LogP contribution in [0.15, 0.2) is 54.6 Å². The van der Waals surface area contributed by atoms with Crippen molar-refractivity contribution < 1.29 is 14.3 Å². The minimum absolute atomic E-state index is 0.132. The third-order valence-corrected chi connectivity index (χ3v) is 5.73. The Hall–Kier alpha value is -3.02. The number of fused-ring (bicyclic) bond motifs is 1. The molecule has 2 atom stereocenters. The van der Waals surface area contributed by atoms with Gasteiger partial charge in [0.15, 0.2) is 0 Å². The van der Waals surface area contributed by atoms with Crippen molar-refractivity contribution in [3.05, 3.63) is 60.2 Å². The molecule has 6 nitrogen and oxygen atoms in total. The first kappa shape index (κ1) is 19.3. The molecule has 29 heavy (non-hydrogen) atoms. The molecule has 0 unspecified atom stereocenters. The number of hydrogen-bond acceptors (Lipinski definition) is 3. The van der Waals surface area contributed by atoms with Crippen molar-refractivity contribution >= 4 is 17.6 Å². The van der Waals surface area contributed by atoms with E-state index < -0.39 is 6.04 Å². The van der Waals surface area contributed by atoms with Gasteiger partial charge in [0, 0.05) is 20.1 Å². The van der Waals surface area contributed by atoms with E-state index in [-0.39, 0.29) is 18.5 Å². The SMILES string of the molecule is CN1C(=O)[C@@H](NC(=O)N2CCC[C@@H](Cc3ccccc3)C2)COc2ccccc21. The van der Waals surface area contributed by atoms with Crippen LogP contribution in [0.1, 0.15) is 18.4 Å². The second kappa shape index (κ2) is 8.55. The molecule has 2 aliphatic rings. The number of amides is 3. The molecule has 3 amide bonds. The van der Waals surface area contributed by atoms with Crippen LogP contribution in [0.2, 0.25) is 0 Å². The summed E-state index contributed by atoms with van der Waals surface area (Å²) in [5.74, 6) is 0.923. The lowest BCUT2D eigenvalue weighted by atomic mass is 9.91. The zero-order valence-corrected chi connectivity index (χ0v) is 16.7. The van der Waals surface area contributed by atoms with E-state index >= 15 is 0 Å². The van der Waals surface area contributed by atoms with Crippen molar-refractivity contribution in [2.24, 2.45) is 5.92 Å². The molecule has 0 spiro atoms. The topological polar surface area (TPSA) is 61.9 Å². The van der Waals surface area contributed by atoms with Gasteiger partial charge < -0.3 is 19.9 Å². The predicted molar refractivity (Wildman–Crippen MR) is 112 cm³/mol. The Labute approximate surface area is 171 Å². The molecule has 2 aromatic carbocycles. The number of benzene rings is 2. The van der Waals surface area contributed by atoms with Gasteiger partial charge in [-0.25, -0.2) is 4.79 Å². The zero-order valence-electron chi connectivity index (χ0n) is 16.7. The monoisotopic (exact) mass is 393 g/mol. The molecular weight excluding hydrogens is 366 g/mol. The Bertz CT molecular complexity index is 871. The molecule has 1 fully saturated rings. The fourth-order valence-electron chi connectivity index (χ4n) is 4.16. The summed E-state index contributed by atoms with van der Waals surface area (Å²) in [4.78, 5) is 29.1. The zero-order chi connectivity index (χ0) is 20.2. The average Bonchev–Trinajstić information content (AvgIpc) is 2.87. The largest absolute Gasteiger partial charge is 0.489 e. The minimum atomic E-state index is -0.700. The molecule has 0 aromatic heterocycles. The third kappa shape index (κ3) is 4.36. The molecule has 4 rings (SSSR count). The average molecular weight is 393 g/mol. The van der Waals surface area contributed by atoms with Crippen molar-refractivity contribution in [1.29, 1.82) is 0 Å². The lowest BCUT2D eigenvalue weighted by Crippen LogP contribution is -2.54. The Morgan fingerprint density at radius 3 is 2.72 bits per heavy atom. The van der Waals surface area contributed by atoms with Gasteiger partial charge in [-0.15, -0.1) is 0 Å². The van der Waals surface area contributed by atoms with Gasteiger partial charge in [-0.1, -0.05) is 42.5 Å². The van der Waals surface area contributed by atoms with E-state index in [9.17, 15) is 9.59 Å². The summed E-state index contributed by atoms with van der Waals surface area (Å²) < 4.78 is 5.79. The van der Waals surface area contributed by atoms with Gasteiger partial charge in [-0.2, -0.15) is 0 Å². The number of nitrogens with one attached hydrogen (secondary N) is 1. The number of anilines is 1. The molecule has 0 radical (unpaired) electrons. The fraction of sp³-hybridized carbons (Fsp3) is 0.391. The van der Waals surface area contributed by atoms with Crippen molar-refractivity contribution in [2.45, 2.75) is 25.3 Å². The van der Waals surface area contributed by atoms with Crippen LogP contribution in [0.25, 0.3) is 0 Å². The van der Waals surface area contributed by atoms with Gasteiger partial charge in [0.25, 0.3) is 5.91 Å². The first-order chi connectivity index (χ1) is 14.1. The van der Waals surface area contributed by atoms with Crippen LogP contribution >= 0.6 is 0 Å². The van der Waals surface area contributed by atoms with Crippen LogP contribution in [0.3, 0.4) is 0 Å². The van der Waals surface area contributed by atoms with Crippen molar-refractivity contribution in [3.63, 3.8) is 0 Å². The molecule has 6 heteroatoms. The van der Waals surface area contributed by atoms with Gasteiger partial charge in [0.2, 0.25) is 0 Å². The second-order valence-corrected chi connectivity index (χ2v) is 7.82. The molecule has 0 saturated carbocycles. The van der Waals surface area contributed by atoms with E-state index in [2.05, 4.69) is 29.6 Å². The van der Waals surface area contributed by atoms with Crippen LogP contribution in [0.5, 0.6) is 5.75 Å². The summed E-state index contributed by atoms with van der Waals surface area (Å²) in [6, 6.07) is 16.9. The fourth-order valence-corrected chi connectivity index (χ4v) is 4.16. The summed E-state index contributed by atoms with van der Waals surface area (Å²) in [5.41, 5.74) is 2.02. The van der Waals surface area contributed by atoms with E-state index in [4.69, 9.17) is 4.74 Å². The number of piperidine rings is 1. The Kier molecular flexibility index (Phi) is 5.69. The quantitative estimate of drug-likeness (QED) is 0.872. The highest BCUT2D eigenvalue weighted by Crippen LogP contribution is 2.30. The van der Waals surface area contributed by atoms with E-state index in [0.717, 1.165) is 31.5 Å². The molecule has 2 heterocycles. The first-order valence-corrected chi connectivity index (χ1v) is 10.2. The Morgan fingerprint density at radius 1 is 1.14 bits per heavy atom. The number of likely N-dealkylation sites (tertiary alicyclic amines) is 1. The number of rotatable bonds is 3. The summed E-state index contributed by atoms with van der Waals surface area (Å²) >= 11 is 0. The minimum Gasteiger partial charge on any atom is -0.489 e. The van der Waals surface area contributed by atoms with Crippen LogP contribution in [-0.4, -0.2) is 49.6 Å². The van der Waals surface area contributed by atoms with Gasteiger partial charge >= 0.3 is 6.03 Å². The lowest BCUT2D eigenvalue weighted by Gasteiger charge is -2.34. The molecule has 2 aromatic rings. The number of carbonyl (C=O) groups is 2. The highest BCUT2D eigenvalue weighted by atomic mass is 16.5. The standard InChI is InChI=1S/C23H27N3O3/c1-25-20-11-5-6-12-21(20)29-16-19(22(25)27)24-23(28)26-13-7-10-18(15-26)14-17-8-3-2-4-9-17/h2-6,8-9,11-12,18-19H,7,10,13-16H2,1H3,(H,24,28)/t18-,19-/m0/s1. The van der Waals surface area contributed by atoms with Crippen LogP contribution in [-0.2, 0) is 11.2 Å². The molecule has 0 aliphatic carbocycles. The Morgan fingerprint density at radius 2 is 1.90 bits per heavy atom. The molecule has 152 valence electrons. The normalized spacial score (nSPS) is 21.8. The molecule has 1 N–H and O–H groups in total. The number of likely N-dealkylation sites (N-methyl/N-ethyl adjacent to an activating group) is 1. The van der Waals surface area contributed by atoms with E-state index in [1.807, 2.05) is 35.2 Å². The van der Waals surface area contributed by atoms with Gasteiger partial charge in [0.05, 0.1) is 5.69 Å². The number of para-hydroxylation sites is 2.